The molecule has 0 aliphatic carbocycles. The van der Waals surface area contributed by atoms with Crippen LogP contribution in [0.4, 0.5) is 8.78 Å². The van der Waals surface area contributed by atoms with Crippen LogP contribution in [0.15, 0.2) is 48.5 Å². The highest BCUT2D eigenvalue weighted by Crippen LogP contribution is 2.10. The van der Waals surface area contributed by atoms with E-state index in [-0.39, 0.29) is 12.2 Å². The van der Waals surface area contributed by atoms with Gasteiger partial charge in [-0.3, -0.25) is 9.59 Å². The van der Waals surface area contributed by atoms with E-state index in [1.54, 1.807) is 30.3 Å². The van der Waals surface area contributed by atoms with Crippen molar-refractivity contribution in [2.75, 3.05) is 0 Å². The predicted molar refractivity (Wildman–Crippen MR) is 86.1 cm³/mol. The standard InChI is InChI=1S/C18H15F2NO5/c19-13-7-6-12(8-14(13)20)17(23)21-15(18(24)25)9-16(22)26-10-11-4-2-1-3-5-11/h1-8,15H,9-10H2,(H,21,23)(H,24,25)/t15-/m1/s1. The number of ether oxygens (including phenoxy) is 1. The van der Waals surface area contributed by atoms with E-state index in [4.69, 9.17) is 9.84 Å². The molecule has 136 valence electrons. The third kappa shape index (κ3) is 5.37. The summed E-state index contributed by atoms with van der Waals surface area (Å²) in [4.78, 5) is 35.0. The number of carboxylic acids is 1. The molecule has 0 fully saturated rings. The summed E-state index contributed by atoms with van der Waals surface area (Å²) in [6.07, 6.45) is -0.614. The molecule has 2 rings (SSSR count). The van der Waals surface area contributed by atoms with Gasteiger partial charge in [0.25, 0.3) is 5.91 Å². The maximum Gasteiger partial charge on any atom is 0.326 e. The molecule has 0 aliphatic heterocycles. The Labute approximate surface area is 147 Å². The number of carbonyl (C=O) groups is 3. The first-order chi connectivity index (χ1) is 12.4. The highest BCUT2D eigenvalue weighted by atomic mass is 19.2. The number of hydrogen-bond donors (Lipinski definition) is 2. The van der Waals surface area contributed by atoms with E-state index < -0.39 is 41.9 Å². The lowest BCUT2D eigenvalue weighted by molar-refractivity contribution is -0.150. The van der Waals surface area contributed by atoms with Gasteiger partial charge in [0.05, 0.1) is 6.42 Å². The zero-order chi connectivity index (χ0) is 19.1. The number of benzene rings is 2. The number of amides is 1. The van der Waals surface area contributed by atoms with E-state index in [0.717, 1.165) is 17.7 Å². The maximum atomic E-state index is 13.2. The predicted octanol–water partition coefficient (Wildman–Crippen LogP) is 2.28. The third-order valence-electron chi connectivity index (χ3n) is 3.40. The van der Waals surface area contributed by atoms with Crippen LogP contribution in [0.3, 0.4) is 0 Å². The van der Waals surface area contributed by atoms with Crippen molar-refractivity contribution >= 4 is 17.8 Å². The second-order valence-corrected chi connectivity index (χ2v) is 5.34. The molecule has 8 heteroatoms. The Balaban J connectivity index is 1.95. The fourth-order valence-electron chi connectivity index (χ4n) is 2.04. The molecule has 0 unspecified atom stereocenters. The highest BCUT2D eigenvalue weighted by Gasteiger charge is 2.25. The minimum atomic E-state index is -1.57. The summed E-state index contributed by atoms with van der Waals surface area (Å²) < 4.78 is 31.0. The van der Waals surface area contributed by atoms with Crippen LogP contribution >= 0.6 is 0 Å². The summed E-state index contributed by atoms with van der Waals surface area (Å²) in [5.74, 6) is -5.62. The molecule has 0 bridgehead atoms. The molecule has 0 saturated heterocycles. The Kier molecular flexibility index (Phi) is 6.37. The van der Waals surface area contributed by atoms with E-state index in [2.05, 4.69) is 5.32 Å². The number of rotatable bonds is 7. The van der Waals surface area contributed by atoms with Crippen molar-refractivity contribution in [1.82, 2.24) is 5.32 Å². The summed E-state index contributed by atoms with van der Waals surface area (Å²) in [5.41, 5.74) is 0.450. The molecule has 2 aromatic rings. The minimum absolute atomic E-state index is 0.0386. The van der Waals surface area contributed by atoms with Gasteiger partial charge in [-0.2, -0.15) is 0 Å². The molecular formula is C18H15F2NO5. The molecule has 2 N–H and O–H groups in total. The molecule has 0 aliphatic rings. The quantitative estimate of drug-likeness (QED) is 0.737. The lowest BCUT2D eigenvalue weighted by Crippen LogP contribution is -2.42. The van der Waals surface area contributed by atoms with E-state index in [1.807, 2.05) is 0 Å². The van der Waals surface area contributed by atoms with Gasteiger partial charge in [0.1, 0.15) is 12.6 Å². The van der Waals surface area contributed by atoms with Crippen molar-refractivity contribution in [2.24, 2.45) is 0 Å². The fraction of sp³-hybridized carbons (Fsp3) is 0.167. The molecule has 2 aromatic carbocycles. The Morgan fingerprint density at radius 3 is 2.35 bits per heavy atom. The van der Waals surface area contributed by atoms with Crippen molar-refractivity contribution in [1.29, 1.82) is 0 Å². The average Bonchev–Trinajstić information content (AvgIpc) is 2.62. The van der Waals surface area contributed by atoms with E-state index in [1.165, 1.54) is 0 Å². The number of carboxylic acid groups (broad SMARTS) is 1. The van der Waals surface area contributed by atoms with Gasteiger partial charge >= 0.3 is 11.9 Å². The largest absolute Gasteiger partial charge is 0.480 e. The van der Waals surface area contributed by atoms with Gasteiger partial charge in [-0.25, -0.2) is 13.6 Å². The van der Waals surface area contributed by atoms with Crippen LogP contribution in [0.1, 0.15) is 22.3 Å². The molecule has 26 heavy (non-hydrogen) atoms. The lowest BCUT2D eigenvalue weighted by atomic mass is 10.1. The number of nitrogens with one attached hydrogen (secondary N) is 1. The van der Waals surface area contributed by atoms with Crippen LogP contribution < -0.4 is 5.32 Å². The smallest absolute Gasteiger partial charge is 0.326 e. The summed E-state index contributed by atoms with van der Waals surface area (Å²) in [6.45, 7) is -0.0386. The van der Waals surface area contributed by atoms with Crippen molar-refractivity contribution < 1.29 is 33.0 Å². The molecule has 6 nitrogen and oxygen atoms in total. The second-order valence-electron chi connectivity index (χ2n) is 5.34. The van der Waals surface area contributed by atoms with Crippen LogP contribution in [-0.2, 0) is 20.9 Å². The molecular weight excluding hydrogens is 348 g/mol. The summed E-state index contributed by atoms with van der Waals surface area (Å²) >= 11 is 0. The van der Waals surface area contributed by atoms with Gasteiger partial charge in [-0.05, 0) is 23.8 Å². The number of esters is 1. The van der Waals surface area contributed by atoms with Crippen molar-refractivity contribution in [2.45, 2.75) is 19.1 Å². The number of hydrogen-bond acceptors (Lipinski definition) is 4. The van der Waals surface area contributed by atoms with Crippen LogP contribution in [0.2, 0.25) is 0 Å². The number of carbonyl (C=O) groups excluding carboxylic acids is 2. The van der Waals surface area contributed by atoms with Crippen molar-refractivity contribution in [3.63, 3.8) is 0 Å². The molecule has 1 atom stereocenters. The van der Waals surface area contributed by atoms with Gasteiger partial charge in [-0.1, -0.05) is 30.3 Å². The zero-order valence-electron chi connectivity index (χ0n) is 13.4. The zero-order valence-corrected chi connectivity index (χ0v) is 13.4. The Bertz CT molecular complexity index is 810. The lowest BCUT2D eigenvalue weighted by Gasteiger charge is -2.14. The first kappa shape index (κ1) is 19.0. The average molecular weight is 363 g/mol. The molecule has 0 aromatic heterocycles. The van der Waals surface area contributed by atoms with E-state index >= 15 is 0 Å². The monoisotopic (exact) mass is 363 g/mol. The first-order valence-electron chi connectivity index (χ1n) is 7.55. The van der Waals surface area contributed by atoms with Crippen LogP contribution in [-0.4, -0.2) is 29.0 Å². The first-order valence-corrected chi connectivity index (χ1v) is 7.55. The van der Waals surface area contributed by atoms with Gasteiger partial charge in [-0.15, -0.1) is 0 Å². The van der Waals surface area contributed by atoms with E-state index in [9.17, 15) is 23.2 Å². The van der Waals surface area contributed by atoms with Crippen LogP contribution in [0.25, 0.3) is 0 Å². The topological polar surface area (TPSA) is 92.7 Å². The normalized spacial score (nSPS) is 11.5. The summed E-state index contributed by atoms with van der Waals surface area (Å²) in [5, 5.41) is 11.2. The van der Waals surface area contributed by atoms with Crippen LogP contribution in [0, 0.1) is 11.6 Å². The fourth-order valence-corrected chi connectivity index (χ4v) is 2.04. The Hall–Kier alpha value is -3.29. The van der Waals surface area contributed by atoms with Crippen molar-refractivity contribution in [3.8, 4) is 0 Å². The number of aliphatic carboxylic acids is 1. The maximum absolute atomic E-state index is 13.2. The summed E-state index contributed by atoms with van der Waals surface area (Å²) in [6, 6.07) is 9.57. The van der Waals surface area contributed by atoms with E-state index in [0.29, 0.717) is 6.07 Å². The molecule has 0 heterocycles. The van der Waals surface area contributed by atoms with Gasteiger partial charge in [0, 0.05) is 5.56 Å². The van der Waals surface area contributed by atoms with Gasteiger partial charge in [0.15, 0.2) is 11.6 Å². The minimum Gasteiger partial charge on any atom is -0.480 e. The molecule has 1 amide bonds. The molecule has 0 saturated carbocycles. The van der Waals surface area contributed by atoms with Gasteiger partial charge < -0.3 is 15.2 Å². The van der Waals surface area contributed by atoms with Crippen molar-refractivity contribution in [3.05, 3.63) is 71.3 Å². The van der Waals surface area contributed by atoms with Crippen LogP contribution in [0.5, 0.6) is 0 Å². The van der Waals surface area contributed by atoms with Gasteiger partial charge in [0.2, 0.25) is 0 Å². The Morgan fingerprint density at radius 1 is 1.04 bits per heavy atom. The summed E-state index contributed by atoms with van der Waals surface area (Å²) in [7, 11) is 0. The third-order valence-corrected chi connectivity index (χ3v) is 3.40. The molecule has 0 spiro atoms. The SMILES string of the molecule is O=C(C[C@@H](NC(=O)c1ccc(F)c(F)c1)C(=O)O)OCc1ccccc1. The molecule has 0 radical (unpaired) electrons. The second kappa shape index (κ2) is 8.70. The Morgan fingerprint density at radius 2 is 1.73 bits per heavy atom. The highest BCUT2D eigenvalue weighted by molar-refractivity contribution is 5.97. The number of halogens is 2.